The highest BCUT2D eigenvalue weighted by Gasteiger charge is 2.43. The van der Waals surface area contributed by atoms with Crippen molar-refractivity contribution >= 4 is 17.7 Å². The van der Waals surface area contributed by atoms with Gasteiger partial charge in [-0.05, 0) is 61.6 Å². The van der Waals surface area contributed by atoms with Gasteiger partial charge in [0.1, 0.15) is 6.04 Å². The first kappa shape index (κ1) is 29.6. The third kappa shape index (κ3) is 7.49. The molecule has 2 aliphatic heterocycles. The number of hydrogen-bond donors (Lipinski definition) is 2. The second kappa shape index (κ2) is 14.3. The molecule has 3 fully saturated rings. The zero-order chi connectivity index (χ0) is 28.6. The SMILES string of the molecule is CCCN(C(=O)Nc1ccccc1)C1CCN(CC2CN(C(C(=O)O)C3CCCCC3)CC2c2ccccc2)CC1. The minimum absolute atomic E-state index is 0.00509. The molecular formula is C34H48N4O3. The molecule has 7 heteroatoms. The predicted octanol–water partition coefficient (Wildman–Crippen LogP) is 6.14. The number of nitrogens with zero attached hydrogens (tertiary/aromatic N) is 3. The molecular weight excluding hydrogens is 512 g/mol. The van der Waals surface area contributed by atoms with Crippen LogP contribution in [0.3, 0.4) is 0 Å². The zero-order valence-electron chi connectivity index (χ0n) is 24.7. The fraction of sp³-hybridized carbons (Fsp3) is 0.588. The first-order valence-corrected chi connectivity index (χ1v) is 15.9. The highest BCUT2D eigenvalue weighted by atomic mass is 16.4. The number of aliphatic carboxylic acids is 1. The predicted molar refractivity (Wildman–Crippen MR) is 164 cm³/mol. The molecule has 3 aliphatic rings. The summed E-state index contributed by atoms with van der Waals surface area (Å²) >= 11 is 0. The maximum atomic E-state index is 13.2. The monoisotopic (exact) mass is 560 g/mol. The molecule has 2 aromatic rings. The number of carboxylic acids is 1. The highest BCUT2D eigenvalue weighted by Crippen LogP contribution is 2.38. The van der Waals surface area contributed by atoms with Crippen molar-refractivity contribution in [1.29, 1.82) is 0 Å². The van der Waals surface area contributed by atoms with Crippen molar-refractivity contribution in [1.82, 2.24) is 14.7 Å². The summed E-state index contributed by atoms with van der Waals surface area (Å²) in [6.45, 7) is 7.46. The van der Waals surface area contributed by atoms with Crippen LogP contribution in [-0.2, 0) is 4.79 Å². The topological polar surface area (TPSA) is 76.1 Å². The molecule has 2 amide bonds. The summed E-state index contributed by atoms with van der Waals surface area (Å²) in [5.41, 5.74) is 2.16. The molecule has 0 spiro atoms. The number of para-hydroxylation sites is 1. The van der Waals surface area contributed by atoms with Crippen LogP contribution in [-0.4, -0.2) is 83.2 Å². The summed E-state index contributed by atoms with van der Waals surface area (Å²) in [6, 6.07) is 20.3. The van der Waals surface area contributed by atoms with E-state index in [1.54, 1.807) is 0 Å². The van der Waals surface area contributed by atoms with E-state index in [2.05, 4.69) is 52.4 Å². The van der Waals surface area contributed by atoms with E-state index in [4.69, 9.17) is 0 Å². The Balaban J connectivity index is 1.23. The van der Waals surface area contributed by atoms with Crippen molar-refractivity contribution < 1.29 is 14.7 Å². The molecule has 5 rings (SSSR count). The van der Waals surface area contributed by atoms with Crippen LogP contribution < -0.4 is 5.32 Å². The minimum atomic E-state index is -0.644. The molecule has 2 aromatic carbocycles. The Bertz CT molecular complexity index is 1100. The number of piperidine rings is 1. The number of carbonyl (C=O) groups excluding carboxylic acids is 1. The Hall–Kier alpha value is -2.90. The van der Waals surface area contributed by atoms with E-state index < -0.39 is 5.97 Å². The van der Waals surface area contributed by atoms with Crippen molar-refractivity contribution in [2.45, 2.75) is 76.3 Å². The third-order valence-corrected chi connectivity index (χ3v) is 9.68. The first-order chi connectivity index (χ1) is 20.0. The third-order valence-electron chi connectivity index (χ3n) is 9.68. The number of anilines is 1. The van der Waals surface area contributed by atoms with Gasteiger partial charge in [0.25, 0.3) is 0 Å². The summed E-state index contributed by atoms with van der Waals surface area (Å²) < 4.78 is 0. The molecule has 41 heavy (non-hydrogen) atoms. The van der Waals surface area contributed by atoms with Gasteiger partial charge in [-0.3, -0.25) is 9.69 Å². The summed E-state index contributed by atoms with van der Waals surface area (Å²) in [5.74, 6) is 0.355. The zero-order valence-corrected chi connectivity index (χ0v) is 24.7. The van der Waals surface area contributed by atoms with Crippen molar-refractivity contribution in [3.63, 3.8) is 0 Å². The second-order valence-corrected chi connectivity index (χ2v) is 12.4. The minimum Gasteiger partial charge on any atom is -0.480 e. The lowest BCUT2D eigenvalue weighted by atomic mass is 9.83. The van der Waals surface area contributed by atoms with Crippen LogP contribution in [0.4, 0.5) is 10.5 Å². The van der Waals surface area contributed by atoms with Gasteiger partial charge in [-0.1, -0.05) is 74.7 Å². The molecule has 2 heterocycles. The molecule has 1 saturated carbocycles. The quantitative estimate of drug-likeness (QED) is 0.365. The smallest absolute Gasteiger partial charge is 0.322 e. The number of nitrogens with one attached hydrogen (secondary N) is 1. The Morgan fingerprint density at radius 1 is 0.927 bits per heavy atom. The Morgan fingerprint density at radius 3 is 2.22 bits per heavy atom. The number of rotatable bonds is 10. The van der Waals surface area contributed by atoms with Gasteiger partial charge < -0.3 is 20.2 Å². The maximum Gasteiger partial charge on any atom is 0.322 e. The molecule has 0 radical (unpaired) electrons. The van der Waals surface area contributed by atoms with E-state index in [1.807, 2.05) is 35.2 Å². The van der Waals surface area contributed by atoms with E-state index in [0.717, 1.165) is 89.9 Å². The van der Waals surface area contributed by atoms with Crippen molar-refractivity contribution in [2.75, 3.05) is 44.6 Å². The van der Waals surface area contributed by atoms with Gasteiger partial charge in [0, 0.05) is 56.9 Å². The second-order valence-electron chi connectivity index (χ2n) is 12.4. The van der Waals surface area contributed by atoms with Gasteiger partial charge in [-0.2, -0.15) is 0 Å². The number of benzene rings is 2. The van der Waals surface area contributed by atoms with Crippen LogP contribution in [0.2, 0.25) is 0 Å². The molecule has 2 saturated heterocycles. The van der Waals surface area contributed by atoms with Crippen LogP contribution in [0, 0.1) is 11.8 Å². The van der Waals surface area contributed by atoms with Crippen molar-refractivity contribution in [3.05, 3.63) is 66.2 Å². The molecule has 0 bridgehead atoms. The van der Waals surface area contributed by atoms with Crippen LogP contribution in [0.1, 0.15) is 69.8 Å². The summed E-state index contributed by atoms with van der Waals surface area (Å²) in [6.07, 6.45) is 8.48. The molecule has 222 valence electrons. The molecule has 3 atom stereocenters. The van der Waals surface area contributed by atoms with Gasteiger partial charge >= 0.3 is 12.0 Å². The fourth-order valence-corrected chi connectivity index (χ4v) is 7.65. The van der Waals surface area contributed by atoms with Gasteiger partial charge in [0.2, 0.25) is 0 Å². The number of urea groups is 1. The van der Waals surface area contributed by atoms with Gasteiger partial charge in [-0.25, -0.2) is 4.79 Å². The number of amides is 2. The lowest BCUT2D eigenvalue weighted by Gasteiger charge is -2.39. The van der Waals surface area contributed by atoms with Gasteiger partial charge in [0.05, 0.1) is 0 Å². The van der Waals surface area contributed by atoms with E-state index >= 15 is 0 Å². The van der Waals surface area contributed by atoms with Gasteiger partial charge in [0.15, 0.2) is 0 Å². The summed E-state index contributed by atoms with van der Waals surface area (Å²) in [5, 5.41) is 13.4. The molecule has 7 nitrogen and oxygen atoms in total. The lowest BCUT2D eigenvalue weighted by molar-refractivity contribution is -0.145. The first-order valence-electron chi connectivity index (χ1n) is 15.9. The fourth-order valence-electron chi connectivity index (χ4n) is 7.65. The van der Waals surface area contributed by atoms with E-state index in [-0.39, 0.29) is 24.0 Å². The molecule has 1 aliphatic carbocycles. The number of carbonyl (C=O) groups is 2. The standard InChI is InChI=1S/C34H48N4O3/c1-2-20-38(34(41)35-29-16-10-5-11-17-29)30-18-21-36(22-19-30)23-28-24-37(25-31(28)26-12-6-3-7-13-26)32(33(39)40)27-14-8-4-9-15-27/h3,5-7,10-13,16-17,27-28,30-32H,2,4,8-9,14-15,18-25H2,1H3,(H,35,41)(H,39,40). The Kier molecular flexibility index (Phi) is 10.3. The molecule has 3 unspecified atom stereocenters. The molecule has 0 aromatic heterocycles. The van der Waals surface area contributed by atoms with Gasteiger partial charge in [-0.15, -0.1) is 0 Å². The number of carboxylic acid groups (broad SMARTS) is 1. The van der Waals surface area contributed by atoms with Crippen LogP contribution >= 0.6 is 0 Å². The Morgan fingerprint density at radius 2 is 1.59 bits per heavy atom. The molecule has 2 N–H and O–H groups in total. The maximum absolute atomic E-state index is 13.2. The number of likely N-dealkylation sites (tertiary alicyclic amines) is 2. The van der Waals surface area contributed by atoms with Crippen molar-refractivity contribution in [3.8, 4) is 0 Å². The van der Waals surface area contributed by atoms with E-state index in [0.29, 0.717) is 11.8 Å². The average Bonchev–Trinajstić information content (AvgIpc) is 3.40. The van der Waals surface area contributed by atoms with Crippen LogP contribution in [0.15, 0.2) is 60.7 Å². The lowest BCUT2D eigenvalue weighted by Crippen LogP contribution is -2.50. The summed E-state index contributed by atoms with van der Waals surface area (Å²) in [7, 11) is 0. The van der Waals surface area contributed by atoms with E-state index in [9.17, 15) is 14.7 Å². The summed E-state index contributed by atoms with van der Waals surface area (Å²) in [4.78, 5) is 32.7. The Labute approximate surface area is 245 Å². The average molecular weight is 561 g/mol. The number of hydrogen-bond acceptors (Lipinski definition) is 4. The highest BCUT2D eigenvalue weighted by molar-refractivity contribution is 5.89. The normalized spacial score (nSPS) is 23.7. The van der Waals surface area contributed by atoms with E-state index in [1.165, 1.54) is 12.0 Å². The van der Waals surface area contributed by atoms with Crippen molar-refractivity contribution in [2.24, 2.45) is 11.8 Å². The largest absolute Gasteiger partial charge is 0.480 e. The van der Waals surface area contributed by atoms with Crippen LogP contribution in [0.5, 0.6) is 0 Å². The van der Waals surface area contributed by atoms with Crippen LogP contribution in [0.25, 0.3) is 0 Å².